The van der Waals surface area contributed by atoms with Crippen molar-refractivity contribution in [2.45, 2.75) is 71.4 Å². The fraction of sp³-hybridized carbons (Fsp3) is 0.344. The maximum absolute atomic E-state index is 14.3. The Morgan fingerprint density at radius 3 is 2.68 bits per heavy atom. The molecule has 2 heterocycles. The zero-order valence-electron chi connectivity index (χ0n) is 22.7. The SMILES string of the molecule is C=C(C)C=C(C=CC)N(C(=O)Cc1c[nH]c2cnccc12)C(C(=O)NC1CCCCC1)c1ccccc1C. The Bertz CT molecular complexity index is 1360. The molecule has 1 aliphatic carbocycles. The predicted octanol–water partition coefficient (Wildman–Crippen LogP) is 6.47. The number of nitrogens with zero attached hydrogens (tertiary/aromatic N) is 2. The van der Waals surface area contributed by atoms with Crippen LogP contribution in [0, 0.1) is 6.92 Å². The van der Waals surface area contributed by atoms with Crippen molar-refractivity contribution in [1.29, 1.82) is 0 Å². The number of carbonyl (C=O) groups excluding carboxylic acids is 2. The van der Waals surface area contributed by atoms with E-state index in [0.29, 0.717) is 5.70 Å². The summed E-state index contributed by atoms with van der Waals surface area (Å²) >= 11 is 0. The Morgan fingerprint density at radius 1 is 1.21 bits per heavy atom. The second kappa shape index (κ2) is 12.5. The van der Waals surface area contributed by atoms with E-state index in [9.17, 15) is 9.59 Å². The van der Waals surface area contributed by atoms with Crippen LogP contribution in [0.4, 0.5) is 0 Å². The van der Waals surface area contributed by atoms with E-state index in [0.717, 1.165) is 58.8 Å². The molecule has 2 aromatic heterocycles. The number of allylic oxidation sites excluding steroid dienone is 4. The van der Waals surface area contributed by atoms with Gasteiger partial charge in [-0.25, -0.2) is 0 Å². The second-order valence-corrected chi connectivity index (χ2v) is 10.2. The Labute approximate surface area is 225 Å². The van der Waals surface area contributed by atoms with Crippen LogP contribution in [0.5, 0.6) is 0 Å². The summed E-state index contributed by atoms with van der Waals surface area (Å²) in [5.41, 5.74) is 4.95. The average molecular weight is 511 g/mol. The van der Waals surface area contributed by atoms with Gasteiger partial charge in [0.15, 0.2) is 0 Å². The van der Waals surface area contributed by atoms with Gasteiger partial charge in [0.05, 0.1) is 18.1 Å². The summed E-state index contributed by atoms with van der Waals surface area (Å²) in [5, 5.41) is 4.25. The number of benzene rings is 1. The van der Waals surface area contributed by atoms with Gasteiger partial charge < -0.3 is 10.3 Å². The van der Waals surface area contributed by atoms with Crippen LogP contribution in [0.1, 0.15) is 68.7 Å². The number of hydrogen-bond donors (Lipinski definition) is 2. The zero-order valence-corrected chi connectivity index (χ0v) is 22.7. The lowest BCUT2D eigenvalue weighted by Gasteiger charge is -2.35. The molecule has 0 aliphatic heterocycles. The first-order valence-electron chi connectivity index (χ1n) is 13.5. The summed E-state index contributed by atoms with van der Waals surface area (Å²) in [6.07, 6.45) is 16.4. The lowest BCUT2D eigenvalue weighted by molar-refractivity contribution is -0.138. The molecule has 1 atom stereocenters. The summed E-state index contributed by atoms with van der Waals surface area (Å²) in [6, 6.07) is 9.03. The van der Waals surface area contributed by atoms with E-state index in [-0.39, 0.29) is 24.3 Å². The van der Waals surface area contributed by atoms with Gasteiger partial charge in [-0.15, -0.1) is 0 Å². The summed E-state index contributed by atoms with van der Waals surface area (Å²) in [7, 11) is 0. The number of rotatable bonds is 9. The molecular weight excluding hydrogens is 472 g/mol. The molecule has 0 radical (unpaired) electrons. The van der Waals surface area contributed by atoms with Gasteiger partial charge in [0.2, 0.25) is 11.8 Å². The number of fused-ring (bicyclic) bond motifs is 1. The summed E-state index contributed by atoms with van der Waals surface area (Å²) < 4.78 is 0. The monoisotopic (exact) mass is 510 g/mol. The van der Waals surface area contributed by atoms with Crippen LogP contribution in [-0.4, -0.2) is 32.7 Å². The molecule has 1 unspecified atom stereocenters. The summed E-state index contributed by atoms with van der Waals surface area (Å²) in [5.74, 6) is -0.319. The van der Waals surface area contributed by atoms with Gasteiger partial charge in [0.25, 0.3) is 0 Å². The third-order valence-corrected chi connectivity index (χ3v) is 7.13. The van der Waals surface area contributed by atoms with Crippen LogP contribution in [-0.2, 0) is 16.0 Å². The molecule has 6 heteroatoms. The van der Waals surface area contributed by atoms with Gasteiger partial charge in [-0.3, -0.25) is 19.5 Å². The van der Waals surface area contributed by atoms with Crippen LogP contribution in [0.15, 0.2) is 85.0 Å². The van der Waals surface area contributed by atoms with Crippen LogP contribution in [0.3, 0.4) is 0 Å². The minimum atomic E-state index is -0.820. The van der Waals surface area contributed by atoms with Crippen LogP contribution < -0.4 is 5.32 Å². The standard InChI is InChI=1S/C32H38N4O2/c1-5-11-26(18-22(2)3)36(30(37)19-24-20-34-29-21-33-17-16-28(24)29)31(27-15-10-9-12-23(27)4)32(38)35-25-13-7-6-8-14-25/h5,9-12,15-18,20-21,25,31,34H,2,6-8,13-14,19H2,1,3-4H3,(H,35,38). The van der Waals surface area contributed by atoms with Crippen molar-refractivity contribution in [3.8, 4) is 0 Å². The quantitative estimate of drug-likeness (QED) is 0.324. The molecule has 1 saturated carbocycles. The van der Waals surface area contributed by atoms with Gasteiger partial charge in [0.1, 0.15) is 6.04 Å². The van der Waals surface area contributed by atoms with Gasteiger partial charge in [-0.05, 0) is 68.5 Å². The molecule has 0 saturated heterocycles. The van der Waals surface area contributed by atoms with Crippen LogP contribution in [0.2, 0.25) is 0 Å². The van der Waals surface area contributed by atoms with Crippen LogP contribution >= 0.6 is 0 Å². The fourth-order valence-corrected chi connectivity index (χ4v) is 5.30. The van der Waals surface area contributed by atoms with E-state index in [1.807, 2.05) is 75.5 Å². The van der Waals surface area contributed by atoms with Gasteiger partial charge in [-0.1, -0.05) is 61.8 Å². The topological polar surface area (TPSA) is 78.1 Å². The number of aromatic amines is 1. The number of nitrogens with one attached hydrogen (secondary N) is 2. The van der Waals surface area contributed by atoms with E-state index in [4.69, 9.17) is 0 Å². The molecule has 4 rings (SSSR count). The number of carbonyl (C=O) groups is 2. The average Bonchev–Trinajstić information content (AvgIpc) is 3.30. The highest BCUT2D eigenvalue weighted by atomic mass is 16.2. The van der Waals surface area contributed by atoms with Crippen molar-refractivity contribution >= 4 is 22.7 Å². The molecule has 1 fully saturated rings. The molecule has 198 valence electrons. The minimum absolute atomic E-state index is 0.121. The van der Waals surface area contributed by atoms with Gasteiger partial charge in [0, 0.05) is 29.5 Å². The maximum Gasteiger partial charge on any atom is 0.248 e. The Balaban J connectivity index is 1.81. The number of aromatic nitrogens is 2. The highest BCUT2D eigenvalue weighted by Crippen LogP contribution is 2.31. The number of pyridine rings is 1. The first kappa shape index (κ1) is 27.1. The summed E-state index contributed by atoms with van der Waals surface area (Å²) in [6.45, 7) is 9.85. The molecular formula is C32H38N4O2. The molecule has 3 aromatic rings. The van der Waals surface area contributed by atoms with Crippen molar-refractivity contribution in [2.75, 3.05) is 0 Å². The lowest BCUT2D eigenvalue weighted by Crippen LogP contribution is -2.47. The van der Waals surface area contributed by atoms with Crippen molar-refractivity contribution < 1.29 is 9.59 Å². The Kier molecular flexibility index (Phi) is 8.95. The lowest BCUT2D eigenvalue weighted by atomic mass is 9.93. The van der Waals surface area contributed by atoms with Crippen molar-refractivity contribution in [2.24, 2.45) is 0 Å². The van der Waals surface area contributed by atoms with Crippen molar-refractivity contribution in [1.82, 2.24) is 20.2 Å². The normalized spacial score (nSPS) is 15.5. The Hall–Kier alpha value is -3.93. The highest BCUT2D eigenvalue weighted by molar-refractivity contribution is 5.93. The van der Waals surface area contributed by atoms with Gasteiger partial charge in [-0.2, -0.15) is 0 Å². The molecule has 38 heavy (non-hydrogen) atoms. The fourth-order valence-electron chi connectivity index (χ4n) is 5.30. The first-order chi connectivity index (χ1) is 18.4. The molecule has 1 aliphatic rings. The van der Waals surface area contributed by atoms with E-state index < -0.39 is 6.04 Å². The molecule has 2 N–H and O–H groups in total. The molecule has 6 nitrogen and oxygen atoms in total. The largest absolute Gasteiger partial charge is 0.360 e. The third kappa shape index (κ3) is 6.31. The molecule has 2 amide bonds. The molecule has 0 bridgehead atoms. The first-order valence-corrected chi connectivity index (χ1v) is 13.5. The number of amides is 2. The minimum Gasteiger partial charge on any atom is -0.360 e. The molecule has 0 spiro atoms. The predicted molar refractivity (Wildman–Crippen MR) is 153 cm³/mol. The zero-order chi connectivity index (χ0) is 27.1. The van der Waals surface area contributed by atoms with E-state index in [2.05, 4.69) is 21.9 Å². The number of hydrogen-bond acceptors (Lipinski definition) is 3. The molecule has 1 aromatic carbocycles. The third-order valence-electron chi connectivity index (χ3n) is 7.13. The number of H-pyrrole nitrogens is 1. The summed E-state index contributed by atoms with van der Waals surface area (Å²) in [4.78, 5) is 37.5. The van der Waals surface area contributed by atoms with Crippen LogP contribution in [0.25, 0.3) is 10.9 Å². The van der Waals surface area contributed by atoms with Crippen molar-refractivity contribution in [3.63, 3.8) is 0 Å². The second-order valence-electron chi connectivity index (χ2n) is 10.2. The maximum atomic E-state index is 14.3. The van der Waals surface area contributed by atoms with Gasteiger partial charge >= 0.3 is 0 Å². The Morgan fingerprint density at radius 2 is 1.97 bits per heavy atom. The number of aryl methyl sites for hydroxylation is 1. The van der Waals surface area contributed by atoms with E-state index in [1.165, 1.54) is 6.42 Å². The van der Waals surface area contributed by atoms with E-state index in [1.54, 1.807) is 17.3 Å². The van der Waals surface area contributed by atoms with Crippen molar-refractivity contribution in [3.05, 3.63) is 102 Å². The van der Waals surface area contributed by atoms with E-state index >= 15 is 0 Å². The highest BCUT2D eigenvalue weighted by Gasteiger charge is 2.35. The smallest absolute Gasteiger partial charge is 0.248 e.